The van der Waals surface area contributed by atoms with Crippen molar-refractivity contribution in [3.8, 4) is 0 Å². The number of carbonyl (C=O) groups excluding carboxylic acids is 1. The lowest BCUT2D eigenvalue weighted by atomic mass is 10.1. The lowest BCUT2D eigenvalue weighted by Gasteiger charge is -2.08. The lowest BCUT2D eigenvalue weighted by Crippen LogP contribution is -2.18. The van der Waals surface area contributed by atoms with E-state index in [9.17, 15) is 18.0 Å². The summed E-state index contributed by atoms with van der Waals surface area (Å²) < 4.78 is 39.6. The van der Waals surface area contributed by atoms with Crippen LogP contribution in [0.3, 0.4) is 0 Å². The second-order valence-corrected chi connectivity index (χ2v) is 3.99. The van der Waals surface area contributed by atoms with Gasteiger partial charge in [-0.3, -0.25) is 4.79 Å². The molecule has 1 rings (SSSR count). The second-order valence-electron chi connectivity index (χ2n) is 3.58. The van der Waals surface area contributed by atoms with Gasteiger partial charge in [-0.1, -0.05) is 11.6 Å². The summed E-state index contributed by atoms with van der Waals surface area (Å²) in [6, 6.07) is 4.34. The zero-order chi connectivity index (χ0) is 13.8. The van der Waals surface area contributed by atoms with Gasteiger partial charge in [0.15, 0.2) is 5.78 Å². The minimum atomic E-state index is -4.39. The molecule has 0 aromatic heterocycles. The molecule has 0 bridgehead atoms. The Bertz CT molecular complexity index is 435. The van der Waals surface area contributed by atoms with E-state index < -0.39 is 12.8 Å². The molecule has 0 heterocycles. The number of hydrogen-bond donors (Lipinski definition) is 1. The van der Waals surface area contributed by atoms with E-state index in [2.05, 4.69) is 4.74 Å². The second kappa shape index (κ2) is 6.06. The van der Waals surface area contributed by atoms with Gasteiger partial charge < -0.3 is 10.5 Å². The summed E-state index contributed by atoms with van der Waals surface area (Å²) in [5.74, 6) is -0.387. The smallest absolute Gasteiger partial charge is 0.399 e. The molecule has 0 amide bonds. The fraction of sp³-hybridized carbons (Fsp3) is 0.364. The van der Waals surface area contributed by atoms with Crippen molar-refractivity contribution < 1.29 is 22.7 Å². The molecule has 0 saturated carbocycles. The molecule has 0 spiro atoms. The van der Waals surface area contributed by atoms with Crippen LogP contribution >= 0.6 is 11.6 Å². The number of nitrogen functional groups attached to an aromatic ring is 1. The lowest BCUT2D eigenvalue weighted by molar-refractivity contribution is -0.173. The Morgan fingerprint density at radius 3 is 2.61 bits per heavy atom. The van der Waals surface area contributed by atoms with E-state index in [0.717, 1.165) is 0 Å². The summed E-state index contributed by atoms with van der Waals surface area (Å²) >= 11 is 5.79. The number of alkyl halides is 3. The molecule has 0 aliphatic rings. The number of ether oxygens (including phenoxy) is 1. The van der Waals surface area contributed by atoms with Gasteiger partial charge in [-0.25, -0.2) is 0 Å². The topological polar surface area (TPSA) is 52.3 Å². The number of hydrogen-bond acceptors (Lipinski definition) is 3. The number of halogens is 4. The summed E-state index contributed by atoms with van der Waals surface area (Å²) in [7, 11) is 0. The fourth-order valence-electron chi connectivity index (χ4n) is 1.24. The first-order chi connectivity index (χ1) is 8.29. The SMILES string of the molecule is Nc1ccc(C(=O)CCOCC(F)(F)F)c(Cl)c1. The molecule has 1 aromatic carbocycles. The Hall–Kier alpha value is -1.27. The number of benzene rings is 1. The Morgan fingerprint density at radius 2 is 2.06 bits per heavy atom. The van der Waals surface area contributed by atoms with Gasteiger partial charge in [0.25, 0.3) is 0 Å². The number of anilines is 1. The van der Waals surface area contributed by atoms with Crippen molar-refractivity contribution in [3.63, 3.8) is 0 Å². The van der Waals surface area contributed by atoms with E-state index in [1.165, 1.54) is 18.2 Å². The first kappa shape index (κ1) is 14.8. The molecule has 0 atom stereocenters. The van der Waals surface area contributed by atoms with Crippen LogP contribution in [0.5, 0.6) is 0 Å². The predicted octanol–water partition coefficient (Wildman–Crippen LogP) is 3.07. The molecular formula is C11H11ClF3NO2. The van der Waals surface area contributed by atoms with Crippen molar-refractivity contribution in [2.24, 2.45) is 0 Å². The summed E-state index contributed by atoms with van der Waals surface area (Å²) in [5, 5.41) is 0.177. The Morgan fingerprint density at radius 1 is 1.39 bits per heavy atom. The van der Waals surface area contributed by atoms with Crippen LogP contribution < -0.4 is 5.73 Å². The molecule has 0 aliphatic heterocycles. The molecule has 3 nitrogen and oxygen atoms in total. The minimum absolute atomic E-state index is 0.167. The van der Waals surface area contributed by atoms with Crippen molar-refractivity contribution in [2.75, 3.05) is 18.9 Å². The maximum Gasteiger partial charge on any atom is 0.411 e. The molecule has 0 saturated heterocycles. The van der Waals surface area contributed by atoms with Gasteiger partial charge in [-0.15, -0.1) is 0 Å². The van der Waals surface area contributed by atoms with Crippen molar-refractivity contribution in [1.29, 1.82) is 0 Å². The van der Waals surface area contributed by atoms with E-state index in [0.29, 0.717) is 5.69 Å². The molecule has 7 heteroatoms. The van der Waals surface area contributed by atoms with Crippen molar-refractivity contribution in [2.45, 2.75) is 12.6 Å². The number of rotatable bonds is 5. The molecule has 0 unspecified atom stereocenters. The maximum absolute atomic E-state index is 11.8. The molecule has 0 aliphatic carbocycles. The molecular weight excluding hydrogens is 271 g/mol. The normalized spacial score (nSPS) is 11.6. The molecule has 18 heavy (non-hydrogen) atoms. The van der Waals surface area contributed by atoms with Crippen LogP contribution in [0.2, 0.25) is 5.02 Å². The van der Waals surface area contributed by atoms with Crippen LogP contribution in [-0.2, 0) is 4.74 Å². The number of Topliss-reactive ketones (excluding diaryl/α,β-unsaturated/α-hetero) is 1. The van der Waals surface area contributed by atoms with Gasteiger partial charge in [0.2, 0.25) is 0 Å². The van der Waals surface area contributed by atoms with Gasteiger partial charge in [0.1, 0.15) is 6.61 Å². The Balaban J connectivity index is 2.46. The van der Waals surface area contributed by atoms with E-state index >= 15 is 0 Å². The third-order valence-corrected chi connectivity index (χ3v) is 2.35. The van der Waals surface area contributed by atoms with Crippen LogP contribution in [-0.4, -0.2) is 25.2 Å². The average molecular weight is 282 g/mol. The van der Waals surface area contributed by atoms with Gasteiger partial charge in [-0.05, 0) is 18.2 Å². The molecule has 0 fully saturated rings. The number of carbonyl (C=O) groups is 1. The van der Waals surface area contributed by atoms with Crippen LogP contribution in [0.1, 0.15) is 16.8 Å². The number of nitrogens with two attached hydrogens (primary N) is 1. The zero-order valence-electron chi connectivity index (χ0n) is 9.26. The average Bonchev–Trinajstić information content (AvgIpc) is 2.22. The Kier molecular flexibility index (Phi) is 4.98. The monoisotopic (exact) mass is 281 g/mol. The van der Waals surface area contributed by atoms with Gasteiger partial charge >= 0.3 is 6.18 Å². The third-order valence-electron chi connectivity index (χ3n) is 2.03. The minimum Gasteiger partial charge on any atom is -0.399 e. The molecule has 0 radical (unpaired) electrons. The van der Waals surface area contributed by atoms with E-state index in [1.807, 2.05) is 0 Å². The van der Waals surface area contributed by atoms with E-state index in [4.69, 9.17) is 17.3 Å². The third kappa shape index (κ3) is 4.93. The maximum atomic E-state index is 11.8. The summed E-state index contributed by atoms with van der Waals surface area (Å²) in [5.41, 5.74) is 6.08. The number of ketones is 1. The molecule has 100 valence electrons. The summed E-state index contributed by atoms with van der Waals surface area (Å²) in [6.45, 7) is -1.67. The highest BCUT2D eigenvalue weighted by Crippen LogP contribution is 2.21. The quantitative estimate of drug-likeness (QED) is 0.513. The summed E-state index contributed by atoms with van der Waals surface area (Å²) in [6.07, 6.45) is -4.55. The van der Waals surface area contributed by atoms with Gasteiger partial charge in [0, 0.05) is 17.7 Å². The van der Waals surface area contributed by atoms with Gasteiger partial charge in [0.05, 0.1) is 11.6 Å². The van der Waals surface area contributed by atoms with Crippen LogP contribution in [0, 0.1) is 0 Å². The Labute approximate surface area is 107 Å². The van der Waals surface area contributed by atoms with Gasteiger partial charge in [-0.2, -0.15) is 13.2 Å². The standard InChI is InChI=1S/C11H11ClF3NO2/c12-9-5-7(16)1-2-8(9)10(17)3-4-18-6-11(13,14)15/h1-2,5H,3-4,6,16H2. The molecule has 2 N–H and O–H groups in total. The van der Waals surface area contributed by atoms with Crippen molar-refractivity contribution >= 4 is 23.1 Å². The first-order valence-corrected chi connectivity index (χ1v) is 5.40. The highest BCUT2D eigenvalue weighted by molar-refractivity contribution is 6.34. The zero-order valence-corrected chi connectivity index (χ0v) is 10.0. The fourth-order valence-corrected chi connectivity index (χ4v) is 1.54. The van der Waals surface area contributed by atoms with Crippen LogP contribution in [0.15, 0.2) is 18.2 Å². The highest BCUT2D eigenvalue weighted by atomic mass is 35.5. The van der Waals surface area contributed by atoms with Crippen molar-refractivity contribution in [3.05, 3.63) is 28.8 Å². The summed E-state index contributed by atoms with van der Waals surface area (Å²) in [4.78, 5) is 11.6. The van der Waals surface area contributed by atoms with Crippen LogP contribution in [0.25, 0.3) is 0 Å². The van der Waals surface area contributed by atoms with Crippen molar-refractivity contribution in [1.82, 2.24) is 0 Å². The largest absolute Gasteiger partial charge is 0.411 e. The van der Waals surface area contributed by atoms with E-state index in [-0.39, 0.29) is 29.4 Å². The van der Waals surface area contributed by atoms with E-state index in [1.54, 1.807) is 0 Å². The highest BCUT2D eigenvalue weighted by Gasteiger charge is 2.27. The molecule has 1 aromatic rings. The predicted molar refractivity (Wildman–Crippen MR) is 61.7 cm³/mol. The first-order valence-electron chi connectivity index (χ1n) is 5.02. The van der Waals surface area contributed by atoms with Crippen LogP contribution in [0.4, 0.5) is 18.9 Å².